The van der Waals surface area contributed by atoms with Gasteiger partial charge in [-0.15, -0.1) is 0 Å². The molecule has 0 saturated carbocycles. The minimum absolute atomic E-state index is 0.292. The number of hydrogen-bond donors (Lipinski definition) is 1. The van der Waals surface area contributed by atoms with Crippen molar-refractivity contribution < 1.29 is 9.84 Å². The van der Waals surface area contributed by atoms with Crippen LogP contribution in [0.5, 0.6) is 0 Å². The average Bonchev–Trinajstić information content (AvgIpc) is 2.35. The number of nitrogens with zero attached hydrogens (tertiary/aromatic N) is 1. The Morgan fingerprint density at radius 1 is 1.32 bits per heavy atom. The van der Waals surface area contributed by atoms with Crippen LogP contribution < -0.4 is 0 Å². The first-order valence-electron chi connectivity index (χ1n) is 7.17. The van der Waals surface area contributed by atoms with Gasteiger partial charge >= 0.3 is 0 Å². The molecule has 3 atom stereocenters. The minimum atomic E-state index is -0.367. The van der Waals surface area contributed by atoms with E-state index in [0.29, 0.717) is 12.2 Å². The fraction of sp³-hybridized carbons (Fsp3) is 0.625. The van der Waals surface area contributed by atoms with Gasteiger partial charge in [0.15, 0.2) is 0 Å². The summed E-state index contributed by atoms with van der Waals surface area (Å²) in [4.78, 5) is 2.39. The van der Waals surface area contributed by atoms with Crippen molar-refractivity contribution in [1.29, 1.82) is 0 Å². The molecule has 0 amide bonds. The lowest BCUT2D eigenvalue weighted by atomic mass is 10.0. The maximum Gasteiger partial charge on any atom is 0.0802 e. The van der Waals surface area contributed by atoms with Gasteiger partial charge in [0.2, 0.25) is 0 Å². The zero-order valence-corrected chi connectivity index (χ0v) is 12.2. The van der Waals surface area contributed by atoms with Crippen LogP contribution in [0.3, 0.4) is 0 Å². The predicted octanol–water partition coefficient (Wildman–Crippen LogP) is 2.53. The van der Waals surface area contributed by atoms with Gasteiger partial charge < -0.3 is 9.84 Å². The lowest BCUT2D eigenvalue weighted by Crippen LogP contribution is -2.45. The summed E-state index contributed by atoms with van der Waals surface area (Å²) in [7, 11) is 0. The van der Waals surface area contributed by atoms with Gasteiger partial charge in [-0.25, -0.2) is 0 Å². The number of morpholine rings is 1. The summed E-state index contributed by atoms with van der Waals surface area (Å²) in [6.45, 7) is 9.13. The normalized spacial score (nSPS) is 26.3. The Bertz CT molecular complexity index is 397. The molecule has 0 radical (unpaired) electrons. The van der Waals surface area contributed by atoms with Crippen molar-refractivity contribution in [2.75, 3.05) is 19.6 Å². The minimum Gasteiger partial charge on any atom is -0.388 e. The Hall–Kier alpha value is -0.900. The molecule has 1 aliphatic heterocycles. The van der Waals surface area contributed by atoms with Crippen LogP contribution in [0.1, 0.15) is 37.5 Å². The molecule has 1 fully saturated rings. The van der Waals surface area contributed by atoms with Crippen LogP contribution in [0.25, 0.3) is 0 Å². The number of hydrogen-bond acceptors (Lipinski definition) is 3. The van der Waals surface area contributed by atoms with Crippen molar-refractivity contribution in [1.82, 2.24) is 4.90 Å². The summed E-state index contributed by atoms with van der Waals surface area (Å²) in [6, 6.07) is 8.13. The van der Waals surface area contributed by atoms with Gasteiger partial charge in [-0.2, -0.15) is 0 Å². The molecule has 106 valence electrons. The Morgan fingerprint density at radius 3 is 2.63 bits per heavy atom. The van der Waals surface area contributed by atoms with Gasteiger partial charge in [-0.1, -0.05) is 29.8 Å². The fourth-order valence-electron chi connectivity index (χ4n) is 2.82. The highest BCUT2D eigenvalue weighted by Crippen LogP contribution is 2.19. The first kappa shape index (κ1) is 14.5. The zero-order chi connectivity index (χ0) is 13.8. The lowest BCUT2D eigenvalue weighted by Gasteiger charge is -2.35. The monoisotopic (exact) mass is 263 g/mol. The van der Waals surface area contributed by atoms with Crippen LogP contribution in [0.4, 0.5) is 0 Å². The molecule has 1 aliphatic rings. The quantitative estimate of drug-likeness (QED) is 0.906. The molecule has 0 aromatic heterocycles. The summed E-state index contributed by atoms with van der Waals surface area (Å²) < 4.78 is 5.72. The van der Waals surface area contributed by atoms with Crippen molar-refractivity contribution in [2.45, 2.75) is 45.5 Å². The van der Waals surface area contributed by atoms with E-state index in [1.54, 1.807) is 0 Å². The smallest absolute Gasteiger partial charge is 0.0802 e. The van der Waals surface area contributed by atoms with E-state index in [4.69, 9.17) is 4.74 Å². The first-order valence-corrected chi connectivity index (χ1v) is 7.17. The number of aryl methyl sites for hydroxylation is 1. The topological polar surface area (TPSA) is 32.7 Å². The van der Waals surface area contributed by atoms with E-state index in [-0.39, 0.29) is 6.10 Å². The Balaban J connectivity index is 1.84. The highest BCUT2D eigenvalue weighted by Gasteiger charge is 2.22. The molecule has 1 aromatic rings. The van der Waals surface area contributed by atoms with E-state index in [1.807, 2.05) is 12.1 Å². The van der Waals surface area contributed by atoms with Gasteiger partial charge in [0.1, 0.15) is 0 Å². The van der Waals surface area contributed by atoms with Crippen molar-refractivity contribution in [2.24, 2.45) is 0 Å². The van der Waals surface area contributed by atoms with Crippen molar-refractivity contribution in [3.63, 3.8) is 0 Å². The van der Waals surface area contributed by atoms with Crippen LogP contribution >= 0.6 is 0 Å². The molecule has 1 unspecified atom stereocenters. The molecule has 0 spiro atoms. The van der Waals surface area contributed by atoms with E-state index in [9.17, 15) is 5.11 Å². The Labute approximate surface area is 116 Å². The molecule has 0 bridgehead atoms. The van der Waals surface area contributed by atoms with Crippen LogP contribution in [-0.4, -0.2) is 41.8 Å². The van der Waals surface area contributed by atoms with Crippen molar-refractivity contribution in [3.05, 3.63) is 35.4 Å². The predicted molar refractivity (Wildman–Crippen MR) is 77.2 cm³/mol. The highest BCUT2D eigenvalue weighted by molar-refractivity contribution is 5.23. The molecule has 1 heterocycles. The SMILES string of the molecule is Cc1cccc(C(O)CCN2C[C@@H](C)O[C@@H](C)C2)c1. The molecule has 1 N–H and O–H groups in total. The molecule has 3 nitrogen and oxygen atoms in total. The summed E-state index contributed by atoms with van der Waals surface area (Å²) >= 11 is 0. The molecule has 1 aromatic carbocycles. The second-order valence-corrected chi connectivity index (χ2v) is 5.74. The maximum atomic E-state index is 10.2. The van der Waals surface area contributed by atoms with Crippen molar-refractivity contribution >= 4 is 0 Å². The standard InChI is InChI=1S/C16H25NO2/c1-12-5-4-6-15(9-12)16(18)7-8-17-10-13(2)19-14(3)11-17/h4-6,9,13-14,16,18H,7-8,10-11H2,1-3H3/t13-,14+,16?. The van der Waals surface area contributed by atoms with Gasteiger partial charge in [0.05, 0.1) is 18.3 Å². The third-order valence-corrected chi connectivity index (χ3v) is 3.64. The average molecular weight is 263 g/mol. The van der Waals surface area contributed by atoms with Crippen LogP contribution in [0, 0.1) is 6.92 Å². The van der Waals surface area contributed by atoms with Gasteiger partial charge in [0, 0.05) is 19.6 Å². The largest absolute Gasteiger partial charge is 0.388 e. The fourth-order valence-corrected chi connectivity index (χ4v) is 2.82. The van der Waals surface area contributed by atoms with E-state index in [0.717, 1.165) is 31.6 Å². The van der Waals surface area contributed by atoms with Crippen LogP contribution in [0.15, 0.2) is 24.3 Å². The van der Waals surface area contributed by atoms with Gasteiger partial charge in [-0.3, -0.25) is 4.90 Å². The summed E-state index contributed by atoms with van der Waals surface area (Å²) in [5.74, 6) is 0. The molecule has 19 heavy (non-hydrogen) atoms. The number of ether oxygens (including phenoxy) is 1. The van der Waals surface area contributed by atoms with E-state index in [2.05, 4.69) is 37.8 Å². The highest BCUT2D eigenvalue weighted by atomic mass is 16.5. The third-order valence-electron chi connectivity index (χ3n) is 3.64. The molecule has 2 rings (SSSR count). The van der Waals surface area contributed by atoms with E-state index >= 15 is 0 Å². The van der Waals surface area contributed by atoms with E-state index < -0.39 is 0 Å². The van der Waals surface area contributed by atoms with Crippen molar-refractivity contribution in [3.8, 4) is 0 Å². The molecule has 3 heteroatoms. The first-order chi connectivity index (χ1) is 9.04. The summed E-state index contributed by atoms with van der Waals surface area (Å²) in [5.41, 5.74) is 2.22. The zero-order valence-electron chi connectivity index (χ0n) is 12.2. The second-order valence-electron chi connectivity index (χ2n) is 5.74. The molecule has 0 aliphatic carbocycles. The number of aliphatic hydroxyl groups is 1. The van der Waals surface area contributed by atoms with Gasteiger partial charge in [0.25, 0.3) is 0 Å². The third kappa shape index (κ3) is 4.30. The lowest BCUT2D eigenvalue weighted by molar-refractivity contribution is -0.0702. The van der Waals surface area contributed by atoms with E-state index in [1.165, 1.54) is 5.56 Å². The van der Waals surface area contributed by atoms with Crippen LogP contribution in [0.2, 0.25) is 0 Å². The molecular formula is C16H25NO2. The number of benzene rings is 1. The van der Waals surface area contributed by atoms with Gasteiger partial charge in [-0.05, 0) is 32.8 Å². The molecule has 1 saturated heterocycles. The number of aliphatic hydroxyl groups excluding tert-OH is 1. The summed E-state index contributed by atoms with van der Waals surface area (Å²) in [5, 5.41) is 10.2. The maximum absolute atomic E-state index is 10.2. The number of rotatable bonds is 4. The molecular weight excluding hydrogens is 238 g/mol. The Morgan fingerprint density at radius 2 is 2.00 bits per heavy atom. The summed E-state index contributed by atoms with van der Waals surface area (Å²) in [6.07, 6.45) is 0.996. The second kappa shape index (κ2) is 6.51. The van der Waals surface area contributed by atoms with Crippen LogP contribution in [-0.2, 0) is 4.74 Å². The Kier molecular flexibility index (Phi) is 4.97.